The molecule has 0 atom stereocenters. The predicted octanol–water partition coefficient (Wildman–Crippen LogP) is 4.96. The highest BCUT2D eigenvalue weighted by Crippen LogP contribution is 2.34. The highest BCUT2D eigenvalue weighted by Gasteiger charge is 2.11. The third-order valence-electron chi connectivity index (χ3n) is 3.75. The van der Waals surface area contributed by atoms with Crippen LogP contribution in [0.5, 0.6) is 11.5 Å². The Morgan fingerprint density at radius 2 is 1.92 bits per heavy atom. The van der Waals surface area contributed by atoms with Gasteiger partial charge < -0.3 is 19.5 Å². The molecule has 7 heteroatoms. The zero-order valence-electron chi connectivity index (χ0n) is 14.8. The van der Waals surface area contributed by atoms with E-state index in [1.165, 1.54) is 12.1 Å². The number of methoxy groups -OCH3 is 2. The molecule has 0 unspecified atom stereocenters. The minimum absolute atomic E-state index is 0.219. The molecule has 0 heterocycles. The van der Waals surface area contributed by atoms with E-state index in [9.17, 15) is 4.39 Å². The summed E-state index contributed by atoms with van der Waals surface area (Å²) in [6.45, 7) is 2.52. The van der Waals surface area contributed by atoms with E-state index in [4.69, 9.17) is 25.8 Å². The maximum Gasteiger partial charge on any atom is 0.162 e. The predicted molar refractivity (Wildman–Crippen MR) is 105 cm³/mol. The second-order valence-corrected chi connectivity index (χ2v) is 6.90. The summed E-state index contributed by atoms with van der Waals surface area (Å²) in [6, 6.07) is 8.02. The smallest absolute Gasteiger partial charge is 0.162 e. The second-order valence-electron chi connectivity index (χ2n) is 5.64. The molecule has 0 aliphatic heterocycles. The van der Waals surface area contributed by atoms with Gasteiger partial charge in [-0.25, -0.2) is 4.39 Å². The van der Waals surface area contributed by atoms with E-state index in [1.807, 2.05) is 12.1 Å². The van der Waals surface area contributed by atoms with Crippen molar-refractivity contribution in [1.29, 1.82) is 0 Å². The van der Waals surface area contributed by atoms with Crippen molar-refractivity contribution >= 4 is 27.5 Å². The maximum atomic E-state index is 13.1. The monoisotopic (exact) mass is 445 g/mol. The van der Waals surface area contributed by atoms with Crippen molar-refractivity contribution in [1.82, 2.24) is 5.32 Å². The van der Waals surface area contributed by atoms with Gasteiger partial charge in [-0.3, -0.25) is 0 Å². The first kappa shape index (κ1) is 21.0. The van der Waals surface area contributed by atoms with Crippen LogP contribution in [0.1, 0.15) is 17.5 Å². The molecular weight excluding hydrogens is 425 g/mol. The zero-order chi connectivity index (χ0) is 18.9. The summed E-state index contributed by atoms with van der Waals surface area (Å²) in [6.07, 6.45) is 0.949. The van der Waals surface area contributed by atoms with Gasteiger partial charge in [-0.1, -0.05) is 33.6 Å². The minimum Gasteiger partial charge on any atom is -0.493 e. The fourth-order valence-electron chi connectivity index (χ4n) is 2.34. The van der Waals surface area contributed by atoms with Gasteiger partial charge in [0.1, 0.15) is 12.4 Å². The van der Waals surface area contributed by atoms with Crippen molar-refractivity contribution in [2.75, 3.05) is 27.4 Å². The van der Waals surface area contributed by atoms with Crippen LogP contribution in [0.15, 0.2) is 34.8 Å². The number of rotatable bonds is 10. The van der Waals surface area contributed by atoms with E-state index in [0.717, 1.165) is 29.6 Å². The third kappa shape index (κ3) is 6.13. The largest absolute Gasteiger partial charge is 0.493 e. The first-order chi connectivity index (χ1) is 12.5. The summed E-state index contributed by atoms with van der Waals surface area (Å²) >= 11 is 9.61. The third-order valence-corrected chi connectivity index (χ3v) is 4.84. The summed E-state index contributed by atoms with van der Waals surface area (Å²) in [7, 11) is 3.29. The molecule has 2 aromatic rings. The molecule has 0 saturated heterocycles. The van der Waals surface area contributed by atoms with Crippen molar-refractivity contribution in [3.05, 3.63) is 56.8 Å². The summed E-state index contributed by atoms with van der Waals surface area (Å²) in [4.78, 5) is 0. The molecule has 0 aliphatic carbocycles. The van der Waals surface area contributed by atoms with E-state index in [-0.39, 0.29) is 12.4 Å². The lowest BCUT2D eigenvalue weighted by molar-refractivity contribution is 0.194. The van der Waals surface area contributed by atoms with Gasteiger partial charge in [0, 0.05) is 30.3 Å². The van der Waals surface area contributed by atoms with Crippen LogP contribution in [-0.4, -0.2) is 27.4 Å². The molecule has 0 bridgehead atoms. The van der Waals surface area contributed by atoms with Gasteiger partial charge in [-0.05, 0) is 42.8 Å². The molecule has 142 valence electrons. The lowest BCUT2D eigenvalue weighted by Crippen LogP contribution is -2.16. The Kier molecular flexibility index (Phi) is 8.65. The highest BCUT2D eigenvalue weighted by atomic mass is 79.9. The average molecular weight is 447 g/mol. The number of halogens is 3. The first-order valence-electron chi connectivity index (χ1n) is 8.18. The summed E-state index contributed by atoms with van der Waals surface area (Å²) in [5, 5.41) is 3.69. The van der Waals surface area contributed by atoms with E-state index >= 15 is 0 Å². The molecule has 26 heavy (non-hydrogen) atoms. The van der Waals surface area contributed by atoms with Gasteiger partial charge in [0.15, 0.2) is 11.5 Å². The van der Waals surface area contributed by atoms with Crippen LogP contribution in [0.4, 0.5) is 4.39 Å². The van der Waals surface area contributed by atoms with Crippen LogP contribution in [0.25, 0.3) is 0 Å². The number of hydrogen-bond acceptors (Lipinski definition) is 4. The summed E-state index contributed by atoms with van der Waals surface area (Å²) in [5.41, 5.74) is 1.77. The number of ether oxygens (including phenoxy) is 3. The van der Waals surface area contributed by atoms with Gasteiger partial charge in [0.25, 0.3) is 0 Å². The zero-order valence-corrected chi connectivity index (χ0v) is 17.1. The van der Waals surface area contributed by atoms with Crippen LogP contribution in [-0.2, 0) is 17.9 Å². The van der Waals surface area contributed by atoms with Crippen LogP contribution in [0, 0.1) is 5.82 Å². The van der Waals surface area contributed by atoms with Gasteiger partial charge in [0.05, 0.1) is 12.1 Å². The van der Waals surface area contributed by atoms with Crippen molar-refractivity contribution in [2.24, 2.45) is 0 Å². The molecule has 0 amide bonds. The fraction of sp³-hybridized carbons (Fsp3) is 0.368. The molecule has 2 rings (SSSR count). The number of hydrogen-bond donors (Lipinski definition) is 1. The van der Waals surface area contributed by atoms with E-state index < -0.39 is 0 Å². The van der Waals surface area contributed by atoms with Crippen molar-refractivity contribution in [2.45, 2.75) is 19.6 Å². The topological polar surface area (TPSA) is 39.7 Å². The molecule has 0 saturated carbocycles. The molecule has 0 radical (unpaired) electrons. The molecule has 0 aliphatic rings. The molecule has 4 nitrogen and oxygen atoms in total. The summed E-state index contributed by atoms with van der Waals surface area (Å²) in [5.74, 6) is 0.837. The molecule has 0 fully saturated rings. The quantitative estimate of drug-likeness (QED) is 0.524. The average Bonchev–Trinajstić information content (AvgIpc) is 2.62. The van der Waals surface area contributed by atoms with Gasteiger partial charge in [0.2, 0.25) is 0 Å². The van der Waals surface area contributed by atoms with Crippen LogP contribution in [0.3, 0.4) is 0 Å². The maximum absolute atomic E-state index is 13.1. The lowest BCUT2D eigenvalue weighted by atomic mass is 10.2. The van der Waals surface area contributed by atoms with E-state index in [2.05, 4.69) is 21.2 Å². The fourth-order valence-corrected chi connectivity index (χ4v) is 3.03. The van der Waals surface area contributed by atoms with E-state index in [1.54, 1.807) is 20.3 Å². The van der Waals surface area contributed by atoms with Gasteiger partial charge in [-0.2, -0.15) is 0 Å². The van der Waals surface area contributed by atoms with Crippen LogP contribution in [0.2, 0.25) is 5.02 Å². The highest BCUT2D eigenvalue weighted by molar-refractivity contribution is 9.10. The molecule has 1 N–H and O–H groups in total. The Bertz CT molecular complexity index is 730. The Morgan fingerprint density at radius 1 is 1.12 bits per heavy atom. The SMILES string of the molecule is COCCCNCc1cc(OC)c(OCc2ccc(F)cc2Cl)cc1Br. The normalized spacial score (nSPS) is 10.8. The Morgan fingerprint density at radius 3 is 2.62 bits per heavy atom. The standard InChI is InChI=1S/C19H22BrClFNO3/c1-24-7-3-6-23-11-14-8-18(25-2)19(10-16(14)20)26-12-13-4-5-15(22)9-17(13)21/h4-5,8-10,23H,3,6-7,11-12H2,1-2H3. The second kappa shape index (κ2) is 10.7. The molecular formula is C19H22BrClFNO3. The Hall–Kier alpha value is -1.34. The van der Waals surface area contributed by atoms with Crippen molar-refractivity contribution in [3.63, 3.8) is 0 Å². The van der Waals surface area contributed by atoms with Crippen molar-refractivity contribution < 1.29 is 18.6 Å². The van der Waals surface area contributed by atoms with Crippen LogP contribution < -0.4 is 14.8 Å². The molecule has 2 aromatic carbocycles. The van der Waals surface area contributed by atoms with Gasteiger partial charge >= 0.3 is 0 Å². The lowest BCUT2D eigenvalue weighted by Gasteiger charge is -2.15. The first-order valence-corrected chi connectivity index (χ1v) is 9.35. The molecule has 0 aromatic heterocycles. The minimum atomic E-state index is -0.374. The Labute approximate surface area is 166 Å². The number of benzene rings is 2. The number of nitrogens with one attached hydrogen (secondary N) is 1. The van der Waals surface area contributed by atoms with Crippen LogP contribution >= 0.6 is 27.5 Å². The molecule has 0 spiro atoms. The van der Waals surface area contributed by atoms with Crippen molar-refractivity contribution in [3.8, 4) is 11.5 Å². The van der Waals surface area contributed by atoms with E-state index in [0.29, 0.717) is 28.6 Å². The Balaban J connectivity index is 2.03. The summed E-state index contributed by atoms with van der Waals surface area (Å²) < 4.78 is 30.3. The van der Waals surface area contributed by atoms with Gasteiger partial charge in [-0.15, -0.1) is 0 Å².